The van der Waals surface area contributed by atoms with Crippen molar-refractivity contribution in [3.63, 3.8) is 0 Å². The van der Waals surface area contributed by atoms with Crippen LogP contribution in [-0.2, 0) is 0 Å². The Balaban J connectivity index is 2.72. The molecule has 0 aliphatic carbocycles. The maximum absolute atomic E-state index is 8.98. The maximum Gasteiger partial charge on any atom is 0.140 e. The molecule has 0 fully saturated rings. The van der Waals surface area contributed by atoms with Crippen molar-refractivity contribution in [1.29, 1.82) is 5.26 Å². The summed E-state index contributed by atoms with van der Waals surface area (Å²) < 4.78 is 0. The van der Waals surface area contributed by atoms with Crippen molar-refractivity contribution < 1.29 is 5.11 Å². The molecule has 0 amide bonds. The highest BCUT2D eigenvalue weighted by Gasteiger charge is 2.05. The maximum atomic E-state index is 8.98. The summed E-state index contributed by atoms with van der Waals surface area (Å²) in [4.78, 5) is 6.11. The number of unbranched alkanes of at least 4 members (excludes halogenated alkanes) is 1. The highest BCUT2D eigenvalue weighted by Crippen LogP contribution is 2.13. The molecule has 1 N–H and O–H groups in total. The Morgan fingerprint density at radius 2 is 2.25 bits per heavy atom. The highest BCUT2D eigenvalue weighted by molar-refractivity contribution is 5.45. The van der Waals surface area contributed by atoms with Crippen molar-refractivity contribution in [2.75, 3.05) is 24.6 Å². The molecule has 1 aromatic heterocycles. The normalized spacial score (nSPS) is 9.81. The lowest BCUT2D eigenvalue weighted by Crippen LogP contribution is -2.27. The fraction of sp³-hybridized carbons (Fsp3) is 0.500. The molecule has 0 aliphatic heterocycles. The number of aliphatic hydroxyl groups excluding tert-OH is 1. The number of nitriles is 1. The lowest BCUT2D eigenvalue weighted by molar-refractivity contribution is 0.301. The van der Waals surface area contributed by atoms with Gasteiger partial charge in [-0.3, -0.25) is 0 Å². The van der Waals surface area contributed by atoms with E-state index in [1.54, 1.807) is 12.3 Å². The second kappa shape index (κ2) is 6.81. The second-order valence-corrected chi connectivity index (χ2v) is 3.58. The Morgan fingerprint density at radius 1 is 1.44 bits per heavy atom. The average molecular weight is 219 g/mol. The number of pyridine rings is 1. The van der Waals surface area contributed by atoms with Gasteiger partial charge in [0.2, 0.25) is 0 Å². The third-order valence-corrected chi connectivity index (χ3v) is 2.38. The lowest BCUT2D eigenvalue weighted by atomic mass is 10.2. The quantitative estimate of drug-likeness (QED) is 0.788. The summed E-state index contributed by atoms with van der Waals surface area (Å²) in [6, 6.07) is 5.56. The zero-order valence-corrected chi connectivity index (χ0v) is 9.56. The van der Waals surface area contributed by atoms with E-state index < -0.39 is 0 Å². The molecule has 1 aromatic rings. The van der Waals surface area contributed by atoms with E-state index in [0.29, 0.717) is 12.2 Å². The van der Waals surface area contributed by atoms with Gasteiger partial charge in [-0.05, 0) is 18.6 Å². The van der Waals surface area contributed by atoms with E-state index in [2.05, 4.69) is 16.8 Å². The van der Waals surface area contributed by atoms with Gasteiger partial charge in [-0.2, -0.15) is 5.26 Å². The van der Waals surface area contributed by atoms with E-state index >= 15 is 0 Å². The third-order valence-electron chi connectivity index (χ3n) is 2.38. The van der Waals surface area contributed by atoms with E-state index in [0.717, 1.165) is 25.1 Å². The number of hydrogen-bond acceptors (Lipinski definition) is 4. The third kappa shape index (κ3) is 3.52. The highest BCUT2D eigenvalue weighted by atomic mass is 16.3. The monoisotopic (exact) mass is 219 g/mol. The molecule has 16 heavy (non-hydrogen) atoms. The summed E-state index contributed by atoms with van der Waals surface area (Å²) in [5, 5.41) is 17.6. The number of rotatable bonds is 6. The molecule has 4 nitrogen and oxygen atoms in total. The SMILES string of the molecule is CCCCN(CCO)c1ccc(C#N)nc1. The fourth-order valence-electron chi connectivity index (χ4n) is 1.48. The molecule has 0 spiro atoms. The number of anilines is 1. The molecule has 0 saturated carbocycles. The molecule has 0 atom stereocenters. The zero-order chi connectivity index (χ0) is 11.8. The van der Waals surface area contributed by atoms with E-state index in [1.807, 2.05) is 12.1 Å². The van der Waals surface area contributed by atoms with Crippen LogP contribution < -0.4 is 4.90 Å². The summed E-state index contributed by atoms with van der Waals surface area (Å²) >= 11 is 0. The zero-order valence-electron chi connectivity index (χ0n) is 9.56. The van der Waals surface area contributed by atoms with Gasteiger partial charge >= 0.3 is 0 Å². The van der Waals surface area contributed by atoms with Gasteiger partial charge in [-0.1, -0.05) is 13.3 Å². The first kappa shape index (κ1) is 12.5. The largest absolute Gasteiger partial charge is 0.395 e. The van der Waals surface area contributed by atoms with Crippen molar-refractivity contribution in [3.05, 3.63) is 24.0 Å². The topological polar surface area (TPSA) is 60.1 Å². The molecule has 4 heteroatoms. The Labute approximate surface area is 96.2 Å². The van der Waals surface area contributed by atoms with Crippen molar-refractivity contribution in [1.82, 2.24) is 4.98 Å². The summed E-state index contributed by atoms with van der Waals surface area (Å²) in [6.45, 7) is 3.77. The molecular weight excluding hydrogens is 202 g/mol. The van der Waals surface area contributed by atoms with Crippen LogP contribution >= 0.6 is 0 Å². The van der Waals surface area contributed by atoms with Gasteiger partial charge in [0.25, 0.3) is 0 Å². The summed E-state index contributed by atoms with van der Waals surface area (Å²) in [5.74, 6) is 0. The first-order valence-electron chi connectivity index (χ1n) is 5.53. The van der Waals surface area contributed by atoms with Crippen LogP contribution in [0.2, 0.25) is 0 Å². The van der Waals surface area contributed by atoms with Crippen molar-refractivity contribution in [2.45, 2.75) is 19.8 Å². The van der Waals surface area contributed by atoms with Crippen LogP contribution in [0.1, 0.15) is 25.5 Å². The van der Waals surface area contributed by atoms with E-state index in [9.17, 15) is 0 Å². The van der Waals surface area contributed by atoms with Crippen LogP contribution in [0.4, 0.5) is 5.69 Å². The van der Waals surface area contributed by atoms with Gasteiger partial charge in [0.1, 0.15) is 11.8 Å². The Morgan fingerprint density at radius 3 is 2.75 bits per heavy atom. The van der Waals surface area contributed by atoms with E-state index in [4.69, 9.17) is 10.4 Å². The Hall–Kier alpha value is -1.60. The lowest BCUT2D eigenvalue weighted by Gasteiger charge is -2.23. The molecule has 0 radical (unpaired) electrons. The Kier molecular flexibility index (Phi) is 5.30. The minimum atomic E-state index is 0.129. The van der Waals surface area contributed by atoms with Gasteiger partial charge in [0.05, 0.1) is 18.5 Å². The van der Waals surface area contributed by atoms with Gasteiger partial charge in [-0.15, -0.1) is 0 Å². The van der Waals surface area contributed by atoms with Crippen LogP contribution in [0.25, 0.3) is 0 Å². The number of hydrogen-bond donors (Lipinski definition) is 1. The molecule has 0 bridgehead atoms. The summed E-state index contributed by atoms with van der Waals surface area (Å²) in [7, 11) is 0. The number of aliphatic hydroxyl groups is 1. The van der Waals surface area contributed by atoms with Crippen molar-refractivity contribution >= 4 is 5.69 Å². The van der Waals surface area contributed by atoms with Gasteiger partial charge in [-0.25, -0.2) is 4.98 Å². The first-order chi connectivity index (χ1) is 7.81. The Bertz CT molecular complexity index is 342. The minimum absolute atomic E-state index is 0.129. The fourth-order valence-corrected chi connectivity index (χ4v) is 1.48. The standard InChI is InChI=1S/C12H17N3O/c1-2-3-6-15(7-8-16)12-5-4-11(9-13)14-10-12/h4-5,10,16H,2-3,6-8H2,1H3. The molecule has 0 aromatic carbocycles. The second-order valence-electron chi connectivity index (χ2n) is 3.58. The van der Waals surface area contributed by atoms with E-state index in [1.165, 1.54) is 0 Å². The molecule has 0 saturated heterocycles. The molecule has 0 aliphatic rings. The smallest absolute Gasteiger partial charge is 0.140 e. The van der Waals surface area contributed by atoms with Crippen LogP contribution in [0.15, 0.2) is 18.3 Å². The number of nitrogens with zero attached hydrogens (tertiary/aromatic N) is 3. The number of aromatic nitrogens is 1. The summed E-state index contributed by atoms with van der Waals surface area (Å²) in [6.07, 6.45) is 3.88. The summed E-state index contributed by atoms with van der Waals surface area (Å²) in [5.41, 5.74) is 1.38. The van der Waals surface area contributed by atoms with E-state index in [-0.39, 0.29) is 6.61 Å². The predicted molar refractivity (Wildman–Crippen MR) is 63.2 cm³/mol. The van der Waals surface area contributed by atoms with Crippen LogP contribution in [-0.4, -0.2) is 29.8 Å². The minimum Gasteiger partial charge on any atom is -0.395 e. The van der Waals surface area contributed by atoms with Crippen LogP contribution in [0.5, 0.6) is 0 Å². The molecule has 0 unspecified atom stereocenters. The first-order valence-corrected chi connectivity index (χ1v) is 5.53. The van der Waals surface area contributed by atoms with Crippen molar-refractivity contribution in [2.24, 2.45) is 0 Å². The van der Waals surface area contributed by atoms with Gasteiger partial charge in [0.15, 0.2) is 0 Å². The van der Waals surface area contributed by atoms with Gasteiger partial charge in [0, 0.05) is 13.1 Å². The van der Waals surface area contributed by atoms with Crippen LogP contribution in [0, 0.1) is 11.3 Å². The molecule has 1 rings (SSSR count). The molecule has 86 valence electrons. The molecule has 1 heterocycles. The average Bonchev–Trinajstić information content (AvgIpc) is 2.35. The predicted octanol–water partition coefficient (Wildman–Crippen LogP) is 1.55. The van der Waals surface area contributed by atoms with Crippen molar-refractivity contribution in [3.8, 4) is 6.07 Å². The van der Waals surface area contributed by atoms with Crippen LogP contribution in [0.3, 0.4) is 0 Å². The molecular formula is C12H17N3O. The van der Waals surface area contributed by atoms with Gasteiger partial charge < -0.3 is 10.0 Å².